The van der Waals surface area contributed by atoms with Crippen LogP contribution in [0.3, 0.4) is 0 Å². The topological polar surface area (TPSA) is 73.2 Å². The number of fused-ring (bicyclic) bond motifs is 1. The maximum absolute atomic E-state index is 12.5. The van der Waals surface area contributed by atoms with Crippen LogP contribution in [0.2, 0.25) is 0 Å². The van der Waals surface area contributed by atoms with Crippen LogP contribution in [0, 0.1) is 0 Å². The van der Waals surface area contributed by atoms with Gasteiger partial charge in [-0.3, -0.25) is 9.59 Å². The SMILES string of the molecule is COCCn1nc(C(=O)N[C@H]2CCCc3ccccc32)ccc1=O. The minimum absolute atomic E-state index is 0.0106. The maximum atomic E-state index is 12.5. The molecular weight excluding hydrogens is 306 g/mol. The Balaban J connectivity index is 1.77. The van der Waals surface area contributed by atoms with Gasteiger partial charge in [-0.2, -0.15) is 5.10 Å². The number of hydrogen-bond acceptors (Lipinski definition) is 4. The fraction of sp³-hybridized carbons (Fsp3) is 0.389. The van der Waals surface area contributed by atoms with E-state index in [-0.39, 0.29) is 23.2 Å². The highest BCUT2D eigenvalue weighted by molar-refractivity contribution is 5.92. The van der Waals surface area contributed by atoms with Crippen LogP contribution in [0.15, 0.2) is 41.2 Å². The molecular formula is C18H21N3O3. The zero-order valence-electron chi connectivity index (χ0n) is 13.7. The Hall–Kier alpha value is -2.47. The second-order valence-corrected chi connectivity index (χ2v) is 5.89. The summed E-state index contributed by atoms with van der Waals surface area (Å²) in [6.07, 6.45) is 3.00. The van der Waals surface area contributed by atoms with E-state index in [2.05, 4.69) is 22.5 Å². The number of ether oxygens (including phenoxy) is 1. The van der Waals surface area contributed by atoms with Crippen LogP contribution in [-0.4, -0.2) is 29.4 Å². The average molecular weight is 327 g/mol. The Labute approximate surface area is 140 Å². The molecule has 1 aromatic heterocycles. The van der Waals surface area contributed by atoms with E-state index in [9.17, 15) is 9.59 Å². The van der Waals surface area contributed by atoms with E-state index < -0.39 is 0 Å². The highest BCUT2D eigenvalue weighted by atomic mass is 16.5. The summed E-state index contributed by atoms with van der Waals surface area (Å²) in [6, 6.07) is 11.0. The van der Waals surface area contributed by atoms with Crippen molar-refractivity contribution in [2.75, 3.05) is 13.7 Å². The smallest absolute Gasteiger partial charge is 0.272 e. The number of methoxy groups -OCH3 is 1. The molecule has 0 fully saturated rings. The molecule has 0 spiro atoms. The van der Waals surface area contributed by atoms with E-state index in [1.165, 1.54) is 27.9 Å². The van der Waals surface area contributed by atoms with Gasteiger partial charge in [-0.15, -0.1) is 0 Å². The number of rotatable bonds is 5. The number of hydrogen-bond donors (Lipinski definition) is 1. The van der Waals surface area contributed by atoms with Gasteiger partial charge in [0.25, 0.3) is 11.5 Å². The number of aromatic nitrogens is 2. The molecule has 0 bridgehead atoms. The third-order valence-electron chi connectivity index (χ3n) is 4.28. The molecule has 0 aliphatic heterocycles. The first-order valence-corrected chi connectivity index (χ1v) is 8.15. The lowest BCUT2D eigenvalue weighted by Crippen LogP contribution is -2.34. The quantitative estimate of drug-likeness (QED) is 0.907. The van der Waals surface area contributed by atoms with Crippen molar-refractivity contribution in [1.82, 2.24) is 15.1 Å². The first-order valence-electron chi connectivity index (χ1n) is 8.15. The molecule has 24 heavy (non-hydrogen) atoms. The molecule has 0 radical (unpaired) electrons. The molecule has 0 unspecified atom stereocenters. The third-order valence-corrected chi connectivity index (χ3v) is 4.28. The third kappa shape index (κ3) is 3.54. The van der Waals surface area contributed by atoms with Crippen molar-refractivity contribution in [3.63, 3.8) is 0 Å². The maximum Gasteiger partial charge on any atom is 0.272 e. The van der Waals surface area contributed by atoms with E-state index >= 15 is 0 Å². The van der Waals surface area contributed by atoms with Crippen LogP contribution >= 0.6 is 0 Å². The molecule has 1 aliphatic carbocycles. The molecule has 0 saturated heterocycles. The first-order chi connectivity index (χ1) is 11.7. The number of aryl methyl sites for hydroxylation is 1. The lowest BCUT2D eigenvalue weighted by Gasteiger charge is -2.26. The number of amides is 1. The summed E-state index contributed by atoms with van der Waals surface area (Å²) >= 11 is 0. The van der Waals surface area contributed by atoms with Gasteiger partial charge in [0.2, 0.25) is 0 Å². The van der Waals surface area contributed by atoms with Crippen molar-refractivity contribution >= 4 is 5.91 Å². The predicted octanol–water partition coefficient (Wildman–Crippen LogP) is 1.70. The minimum atomic E-state index is -0.261. The van der Waals surface area contributed by atoms with E-state index in [0.717, 1.165) is 19.3 Å². The second-order valence-electron chi connectivity index (χ2n) is 5.89. The van der Waals surface area contributed by atoms with Crippen molar-refractivity contribution in [3.8, 4) is 0 Å². The average Bonchev–Trinajstić information content (AvgIpc) is 2.61. The lowest BCUT2D eigenvalue weighted by atomic mass is 9.87. The fourth-order valence-corrected chi connectivity index (χ4v) is 3.04. The summed E-state index contributed by atoms with van der Waals surface area (Å²) in [6.45, 7) is 0.691. The number of benzene rings is 1. The molecule has 6 heteroatoms. The number of carbonyl (C=O) groups is 1. The van der Waals surface area contributed by atoms with Crippen LogP contribution in [0.25, 0.3) is 0 Å². The summed E-state index contributed by atoms with van der Waals surface area (Å²) in [7, 11) is 1.56. The van der Waals surface area contributed by atoms with Gasteiger partial charge in [-0.1, -0.05) is 24.3 Å². The molecule has 1 atom stereocenters. The Morgan fingerprint density at radius 3 is 3.00 bits per heavy atom. The molecule has 1 heterocycles. The number of nitrogens with zero attached hydrogens (tertiary/aromatic N) is 2. The zero-order valence-corrected chi connectivity index (χ0v) is 13.7. The van der Waals surface area contributed by atoms with Gasteiger partial charge >= 0.3 is 0 Å². The largest absolute Gasteiger partial charge is 0.383 e. The molecule has 6 nitrogen and oxygen atoms in total. The van der Waals surface area contributed by atoms with Gasteiger partial charge in [0.1, 0.15) is 5.69 Å². The molecule has 0 saturated carbocycles. The molecule has 1 N–H and O–H groups in total. The van der Waals surface area contributed by atoms with Gasteiger partial charge in [0, 0.05) is 13.2 Å². The van der Waals surface area contributed by atoms with Crippen LogP contribution in [0.5, 0.6) is 0 Å². The molecule has 2 aromatic rings. The minimum Gasteiger partial charge on any atom is -0.383 e. The molecule has 1 aromatic carbocycles. The number of nitrogens with one attached hydrogen (secondary N) is 1. The Kier molecular flexibility index (Phi) is 5.05. The summed E-state index contributed by atoms with van der Waals surface area (Å²) < 4.78 is 6.22. The summed E-state index contributed by atoms with van der Waals surface area (Å²) in [4.78, 5) is 24.3. The Bertz CT molecular complexity index is 785. The predicted molar refractivity (Wildman–Crippen MR) is 90.0 cm³/mol. The normalized spacial score (nSPS) is 16.5. The zero-order chi connectivity index (χ0) is 16.9. The van der Waals surface area contributed by atoms with Gasteiger partial charge in [-0.05, 0) is 36.5 Å². The van der Waals surface area contributed by atoms with Crippen molar-refractivity contribution < 1.29 is 9.53 Å². The monoisotopic (exact) mass is 327 g/mol. The highest BCUT2D eigenvalue weighted by Crippen LogP contribution is 2.29. The van der Waals surface area contributed by atoms with Crippen molar-refractivity contribution in [2.24, 2.45) is 0 Å². The molecule has 1 aliphatic rings. The van der Waals surface area contributed by atoms with Crippen molar-refractivity contribution in [1.29, 1.82) is 0 Å². The lowest BCUT2D eigenvalue weighted by molar-refractivity contribution is 0.0924. The summed E-state index contributed by atoms with van der Waals surface area (Å²) in [5, 5.41) is 7.19. The van der Waals surface area contributed by atoms with Gasteiger partial charge in [0.05, 0.1) is 19.2 Å². The molecule has 3 rings (SSSR count). The van der Waals surface area contributed by atoms with E-state index in [0.29, 0.717) is 13.2 Å². The van der Waals surface area contributed by atoms with Crippen LogP contribution in [-0.2, 0) is 17.7 Å². The highest BCUT2D eigenvalue weighted by Gasteiger charge is 2.22. The van der Waals surface area contributed by atoms with Gasteiger partial charge in [0.15, 0.2) is 0 Å². The molecule has 126 valence electrons. The van der Waals surface area contributed by atoms with Crippen LogP contribution in [0.4, 0.5) is 0 Å². The van der Waals surface area contributed by atoms with Crippen molar-refractivity contribution in [2.45, 2.75) is 31.8 Å². The van der Waals surface area contributed by atoms with Crippen molar-refractivity contribution in [3.05, 3.63) is 63.6 Å². The standard InChI is InChI=1S/C18H21N3O3/c1-24-12-11-21-17(22)10-9-16(20-21)18(23)19-15-8-4-6-13-5-2-3-7-14(13)15/h2-3,5,7,9-10,15H,4,6,8,11-12H2,1H3,(H,19,23)/t15-/m0/s1. The number of carbonyl (C=O) groups excluding carboxylic acids is 1. The van der Waals surface area contributed by atoms with E-state index in [1.54, 1.807) is 7.11 Å². The summed E-state index contributed by atoms with van der Waals surface area (Å²) in [5.74, 6) is -0.261. The van der Waals surface area contributed by atoms with E-state index in [1.807, 2.05) is 12.1 Å². The summed E-state index contributed by atoms with van der Waals surface area (Å²) in [5.41, 5.74) is 2.46. The van der Waals surface area contributed by atoms with Crippen LogP contribution in [0.1, 0.15) is 40.5 Å². The first kappa shape index (κ1) is 16.4. The van der Waals surface area contributed by atoms with Crippen LogP contribution < -0.4 is 10.9 Å². The molecule has 1 amide bonds. The second kappa shape index (κ2) is 7.40. The Morgan fingerprint density at radius 2 is 2.17 bits per heavy atom. The van der Waals surface area contributed by atoms with Gasteiger partial charge in [-0.25, -0.2) is 4.68 Å². The van der Waals surface area contributed by atoms with Gasteiger partial charge < -0.3 is 10.1 Å². The Morgan fingerprint density at radius 1 is 1.33 bits per heavy atom. The fourth-order valence-electron chi connectivity index (χ4n) is 3.04. The van der Waals surface area contributed by atoms with E-state index in [4.69, 9.17) is 4.74 Å².